The minimum Gasteiger partial charge on any atom is -0.495 e. The molecule has 0 bridgehead atoms. The minimum absolute atomic E-state index is 0.259. The molecule has 0 saturated carbocycles. The Morgan fingerprint density at radius 2 is 2.38 bits per heavy atom. The molecule has 0 aromatic heterocycles. The molecule has 0 radical (unpaired) electrons. The molecule has 21 heavy (non-hydrogen) atoms. The number of piperazine rings is 1. The highest BCUT2D eigenvalue weighted by molar-refractivity contribution is 5.46. The van der Waals surface area contributed by atoms with Crippen LogP contribution in [0.5, 0.6) is 5.75 Å². The molecule has 2 aliphatic heterocycles. The van der Waals surface area contributed by atoms with Crippen LogP contribution in [-0.2, 0) is 4.74 Å². The van der Waals surface area contributed by atoms with Gasteiger partial charge >= 0.3 is 0 Å². The van der Waals surface area contributed by atoms with Gasteiger partial charge in [-0.25, -0.2) is 4.39 Å². The molecule has 2 heterocycles. The van der Waals surface area contributed by atoms with Crippen LogP contribution in [0, 0.1) is 17.1 Å². The number of rotatable bonds is 2. The smallest absolute Gasteiger partial charge is 0.139 e. The maximum atomic E-state index is 14.3. The fourth-order valence-electron chi connectivity index (χ4n) is 2.96. The average Bonchev–Trinajstić information content (AvgIpc) is 2.54. The summed E-state index contributed by atoms with van der Waals surface area (Å²) in [6, 6.07) is 5.20. The van der Waals surface area contributed by atoms with E-state index < -0.39 is 0 Å². The van der Waals surface area contributed by atoms with Crippen LogP contribution in [0.3, 0.4) is 0 Å². The van der Waals surface area contributed by atoms with Gasteiger partial charge in [0, 0.05) is 43.9 Å². The van der Waals surface area contributed by atoms with Crippen molar-refractivity contribution in [2.45, 2.75) is 12.1 Å². The molecule has 2 fully saturated rings. The Morgan fingerprint density at radius 3 is 3.14 bits per heavy atom. The van der Waals surface area contributed by atoms with E-state index >= 15 is 0 Å². The van der Waals surface area contributed by atoms with Crippen LogP contribution in [-0.4, -0.2) is 50.8 Å². The van der Waals surface area contributed by atoms with Gasteiger partial charge in [0.15, 0.2) is 0 Å². The molecular weight excluding hydrogens is 273 g/mol. The standard InChI is InChI=1S/C15H18FN3O2/c1-20-14-5-13(16)12(4-10(14)6-17)15-8-19-3-2-18-7-11(19)9-21-15/h4-5,11,15,18H,2-3,7-9H2,1H3. The highest BCUT2D eigenvalue weighted by atomic mass is 19.1. The first-order valence-electron chi connectivity index (χ1n) is 7.07. The Labute approximate surface area is 123 Å². The summed E-state index contributed by atoms with van der Waals surface area (Å²) in [7, 11) is 1.43. The van der Waals surface area contributed by atoms with Gasteiger partial charge in [-0.1, -0.05) is 0 Å². The van der Waals surface area contributed by atoms with E-state index in [1.165, 1.54) is 13.2 Å². The van der Waals surface area contributed by atoms with Crippen molar-refractivity contribution in [1.29, 1.82) is 5.26 Å². The molecule has 1 aromatic carbocycles. The number of hydrogen-bond acceptors (Lipinski definition) is 5. The van der Waals surface area contributed by atoms with E-state index in [9.17, 15) is 4.39 Å². The topological polar surface area (TPSA) is 57.5 Å². The maximum absolute atomic E-state index is 14.3. The fraction of sp³-hybridized carbons (Fsp3) is 0.533. The Hall–Kier alpha value is -1.68. The summed E-state index contributed by atoms with van der Waals surface area (Å²) >= 11 is 0. The molecule has 1 aromatic rings. The number of methoxy groups -OCH3 is 1. The van der Waals surface area contributed by atoms with Crippen molar-refractivity contribution in [2.75, 3.05) is 39.9 Å². The summed E-state index contributed by atoms with van der Waals surface area (Å²) in [4.78, 5) is 2.32. The summed E-state index contributed by atoms with van der Waals surface area (Å²) in [6.07, 6.45) is -0.336. The van der Waals surface area contributed by atoms with E-state index in [1.807, 2.05) is 6.07 Å². The highest BCUT2D eigenvalue weighted by Crippen LogP contribution is 2.31. The molecule has 0 aliphatic carbocycles. The van der Waals surface area contributed by atoms with Crippen LogP contribution in [0.25, 0.3) is 0 Å². The van der Waals surface area contributed by atoms with Crippen LogP contribution in [0.15, 0.2) is 12.1 Å². The van der Waals surface area contributed by atoms with Crippen LogP contribution < -0.4 is 10.1 Å². The Kier molecular flexibility index (Phi) is 4.06. The second kappa shape index (κ2) is 5.98. The summed E-state index contributed by atoms with van der Waals surface area (Å²) in [5.74, 6) is -0.126. The summed E-state index contributed by atoms with van der Waals surface area (Å²) in [5, 5.41) is 12.5. The van der Waals surface area contributed by atoms with Crippen molar-refractivity contribution in [1.82, 2.24) is 10.2 Å². The number of ether oxygens (including phenoxy) is 2. The van der Waals surface area contributed by atoms with Gasteiger partial charge in [-0.3, -0.25) is 4.90 Å². The predicted molar refractivity (Wildman–Crippen MR) is 74.6 cm³/mol. The predicted octanol–water partition coefficient (Wildman–Crippen LogP) is 1.05. The zero-order chi connectivity index (χ0) is 14.8. The number of morpholine rings is 1. The molecule has 0 spiro atoms. The number of nitrogens with zero attached hydrogens (tertiary/aromatic N) is 2. The van der Waals surface area contributed by atoms with E-state index in [-0.39, 0.29) is 17.7 Å². The lowest BCUT2D eigenvalue weighted by Gasteiger charge is -2.42. The van der Waals surface area contributed by atoms with Crippen LogP contribution in [0.1, 0.15) is 17.2 Å². The lowest BCUT2D eigenvalue weighted by molar-refractivity contribution is -0.0729. The number of halogens is 1. The second-order valence-electron chi connectivity index (χ2n) is 5.36. The monoisotopic (exact) mass is 291 g/mol. The Bertz CT molecular complexity index is 573. The van der Waals surface area contributed by atoms with Gasteiger partial charge in [0.05, 0.1) is 25.4 Å². The minimum atomic E-state index is -0.385. The molecule has 1 N–H and O–H groups in total. The van der Waals surface area contributed by atoms with Crippen molar-refractivity contribution >= 4 is 0 Å². The molecule has 3 rings (SSSR count). The molecule has 2 atom stereocenters. The third kappa shape index (κ3) is 2.72. The van der Waals surface area contributed by atoms with Crippen molar-refractivity contribution in [3.63, 3.8) is 0 Å². The van der Waals surface area contributed by atoms with Gasteiger partial charge in [0.2, 0.25) is 0 Å². The van der Waals surface area contributed by atoms with Crippen LogP contribution >= 0.6 is 0 Å². The first-order chi connectivity index (χ1) is 10.2. The lowest BCUT2D eigenvalue weighted by atomic mass is 10.0. The molecule has 2 aliphatic rings. The first kappa shape index (κ1) is 14.3. The molecule has 112 valence electrons. The average molecular weight is 291 g/mol. The molecule has 2 unspecified atom stereocenters. The molecular formula is C15H18FN3O2. The zero-order valence-corrected chi connectivity index (χ0v) is 11.9. The fourth-order valence-corrected chi connectivity index (χ4v) is 2.96. The molecule has 0 amide bonds. The first-order valence-corrected chi connectivity index (χ1v) is 7.07. The highest BCUT2D eigenvalue weighted by Gasteiger charge is 2.32. The SMILES string of the molecule is COc1cc(F)c(C2CN3CCNCC3CO2)cc1C#N. The van der Waals surface area contributed by atoms with E-state index in [4.69, 9.17) is 14.7 Å². The van der Waals surface area contributed by atoms with Crippen LogP contribution in [0.4, 0.5) is 4.39 Å². The lowest BCUT2D eigenvalue weighted by Crippen LogP contribution is -2.57. The van der Waals surface area contributed by atoms with Gasteiger partial charge in [0.1, 0.15) is 17.6 Å². The summed E-state index contributed by atoms with van der Waals surface area (Å²) in [6.45, 7) is 4.01. The quantitative estimate of drug-likeness (QED) is 0.882. The van der Waals surface area contributed by atoms with Gasteiger partial charge in [-0.2, -0.15) is 5.26 Å². The third-order valence-electron chi connectivity index (χ3n) is 4.15. The van der Waals surface area contributed by atoms with Crippen molar-refractivity contribution in [2.24, 2.45) is 0 Å². The maximum Gasteiger partial charge on any atom is 0.139 e. The zero-order valence-electron chi connectivity index (χ0n) is 11.9. The van der Waals surface area contributed by atoms with Crippen molar-refractivity contribution < 1.29 is 13.9 Å². The molecule has 2 saturated heterocycles. The van der Waals surface area contributed by atoms with E-state index in [1.54, 1.807) is 6.07 Å². The number of nitriles is 1. The van der Waals surface area contributed by atoms with E-state index in [2.05, 4.69) is 10.2 Å². The van der Waals surface area contributed by atoms with Gasteiger partial charge in [-0.15, -0.1) is 0 Å². The largest absolute Gasteiger partial charge is 0.495 e. The van der Waals surface area contributed by atoms with Gasteiger partial charge in [0.25, 0.3) is 0 Å². The normalized spacial score (nSPS) is 26.0. The van der Waals surface area contributed by atoms with Crippen LogP contribution in [0.2, 0.25) is 0 Å². The van der Waals surface area contributed by atoms with E-state index in [0.717, 1.165) is 19.6 Å². The Morgan fingerprint density at radius 1 is 1.52 bits per heavy atom. The molecule has 6 heteroatoms. The number of fused-ring (bicyclic) bond motifs is 1. The van der Waals surface area contributed by atoms with E-state index in [0.29, 0.717) is 30.3 Å². The number of hydrogen-bond donors (Lipinski definition) is 1. The second-order valence-corrected chi connectivity index (χ2v) is 5.36. The number of benzene rings is 1. The van der Waals surface area contributed by atoms with Crippen molar-refractivity contribution in [3.05, 3.63) is 29.1 Å². The van der Waals surface area contributed by atoms with Crippen molar-refractivity contribution in [3.8, 4) is 11.8 Å². The summed E-state index contributed by atoms with van der Waals surface area (Å²) < 4.78 is 25.1. The van der Waals surface area contributed by atoms with Gasteiger partial charge < -0.3 is 14.8 Å². The third-order valence-corrected chi connectivity index (χ3v) is 4.15. The van der Waals surface area contributed by atoms with Gasteiger partial charge in [-0.05, 0) is 6.07 Å². The number of nitrogens with one attached hydrogen (secondary N) is 1. The summed E-state index contributed by atoms with van der Waals surface area (Å²) in [5.41, 5.74) is 0.768. The molecule has 5 nitrogen and oxygen atoms in total. The Balaban J connectivity index is 1.85.